The van der Waals surface area contributed by atoms with Crippen molar-refractivity contribution in [1.29, 1.82) is 0 Å². The summed E-state index contributed by atoms with van der Waals surface area (Å²) in [5, 5.41) is 9.76. The van der Waals surface area contributed by atoms with E-state index in [2.05, 4.69) is 52.8 Å². The van der Waals surface area contributed by atoms with E-state index in [9.17, 15) is 9.90 Å². The number of hydrogen-bond acceptors (Lipinski definition) is 4. The Bertz CT molecular complexity index is 744. The lowest BCUT2D eigenvalue weighted by Gasteiger charge is -2.29. The number of halogens is 3. The van der Waals surface area contributed by atoms with Crippen LogP contribution in [0.3, 0.4) is 0 Å². The minimum absolute atomic E-state index is 0.0586. The van der Waals surface area contributed by atoms with Gasteiger partial charge in [-0.3, -0.25) is 4.79 Å². The number of aromatic hydroxyl groups is 1. The molecule has 3 rings (SSSR count). The number of anilines is 1. The van der Waals surface area contributed by atoms with E-state index in [1.54, 1.807) is 29.3 Å². The average molecular weight is 493 g/mol. The van der Waals surface area contributed by atoms with Gasteiger partial charge in [0.1, 0.15) is 18.0 Å². The van der Waals surface area contributed by atoms with E-state index in [4.69, 9.17) is 4.74 Å². The summed E-state index contributed by atoms with van der Waals surface area (Å²) < 4.78 is 7.14. The maximum absolute atomic E-state index is 12.8. The van der Waals surface area contributed by atoms with E-state index in [1.807, 2.05) is 0 Å². The van der Waals surface area contributed by atoms with Gasteiger partial charge in [0.2, 0.25) is 5.88 Å². The van der Waals surface area contributed by atoms with Gasteiger partial charge in [-0.25, -0.2) is 4.98 Å². The summed E-state index contributed by atoms with van der Waals surface area (Å²) >= 11 is 9.83. The van der Waals surface area contributed by atoms with Crippen LogP contribution in [0, 0.1) is 0 Å². The lowest BCUT2D eigenvalue weighted by Crippen LogP contribution is -2.38. The molecule has 0 atom stereocenters. The van der Waals surface area contributed by atoms with E-state index in [0.717, 1.165) is 4.47 Å². The van der Waals surface area contributed by atoms with Gasteiger partial charge in [0, 0.05) is 16.2 Å². The van der Waals surface area contributed by atoms with Crippen molar-refractivity contribution in [1.82, 2.24) is 4.98 Å². The maximum atomic E-state index is 12.8. The number of nitrogens with zero attached hydrogens (tertiary/aromatic N) is 2. The summed E-state index contributed by atoms with van der Waals surface area (Å²) in [6, 6.07) is 4.97. The molecule has 0 bridgehead atoms. The Kier molecular flexibility index (Phi) is 4.42. The van der Waals surface area contributed by atoms with E-state index in [1.165, 1.54) is 0 Å². The van der Waals surface area contributed by atoms with Gasteiger partial charge in [-0.15, -0.1) is 0 Å². The summed E-state index contributed by atoms with van der Waals surface area (Å²) in [5.41, 5.74) is 1.07. The van der Waals surface area contributed by atoms with Crippen LogP contribution in [0.4, 0.5) is 5.69 Å². The number of phenols is 1. The molecule has 0 saturated heterocycles. The highest BCUT2D eigenvalue weighted by Crippen LogP contribution is 2.36. The fraction of sp³-hybridized carbons (Fsp3) is 0.143. The molecule has 1 amide bonds. The fourth-order valence-corrected chi connectivity index (χ4v) is 3.64. The number of carbonyl (C=O) groups is 1. The number of amides is 1. The summed E-state index contributed by atoms with van der Waals surface area (Å²) in [5.74, 6) is 0.300. The molecule has 1 aromatic heterocycles. The number of phenolic OH excluding ortho intramolecular Hbond substituents is 1. The van der Waals surface area contributed by atoms with Gasteiger partial charge >= 0.3 is 0 Å². The van der Waals surface area contributed by atoms with E-state index < -0.39 is 0 Å². The molecule has 22 heavy (non-hydrogen) atoms. The number of fused-ring (bicyclic) bond motifs is 1. The quantitative estimate of drug-likeness (QED) is 0.650. The predicted octanol–water partition coefficient (Wildman–Crippen LogP) is 4.11. The highest BCUT2D eigenvalue weighted by atomic mass is 79.9. The zero-order valence-corrected chi connectivity index (χ0v) is 15.8. The largest absolute Gasteiger partial charge is 0.506 e. The summed E-state index contributed by atoms with van der Waals surface area (Å²) in [6.45, 7) is 0.813. The molecule has 114 valence electrons. The van der Waals surface area contributed by atoms with Crippen LogP contribution in [-0.4, -0.2) is 29.1 Å². The van der Waals surface area contributed by atoms with E-state index >= 15 is 0 Å². The van der Waals surface area contributed by atoms with Gasteiger partial charge in [-0.2, -0.15) is 0 Å². The first-order valence-corrected chi connectivity index (χ1v) is 8.63. The lowest BCUT2D eigenvalue weighted by atomic mass is 10.1. The van der Waals surface area contributed by atoms with Gasteiger partial charge in [-0.05, 0) is 66.0 Å². The molecule has 1 aliphatic heterocycles. The highest BCUT2D eigenvalue weighted by Gasteiger charge is 2.26. The Balaban J connectivity index is 2.02. The van der Waals surface area contributed by atoms with Crippen molar-refractivity contribution in [2.75, 3.05) is 18.1 Å². The van der Waals surface area contributed by atoms with E-state index in [0.29, 0.717) is 39.2 Å². The first kappa shape index (κ1) is 15.8. The third kappa shape index (κ3) is 2.87. The van der Waals surface area contributed by atoms with Crippen molar-refractivity contribution < 1.29 is 14.6 Å². The smallest absolute Gasteiger partial charge is 0.258 e. The standard InChI is InChI=1S/C14H9Br3N2O3/c15-8-5-11-13(18-6-8)22-2-1-19(11)14(21)7-3-9(16)12(20)10(17)4-7/h3-6,20H,1-2H2. The first-order valence-electron chi connectivity index (χ1n) is 6.25. The first-order chi connectivity index (χ1) is 10.5. The van der Waals surface area contributed by atoms with Crippen LogP contribution in [0.25, 0.3) is 0 Å². The molecule has 0 radical (unpaired) electrons. The molecule has 0 saturated carbocycles. The topological polar surface area (TPSA) is 62.7 Å². The second kappa shape index (κ2) is 6.17. The van der Waals surface area contributed by atoms with Crippen LogP contribution in [0.1, 0.15) is 10.4 Å². The molecule has 5 nitrogen and oxygen atoms in total. The predicted molar refractivity (Wildman–Crippen MR) is 92.6 cm³/mol. The lowest BCUT2D eigenvalue weighted by molar-refractivity contribution is 0.0975. The zero-order chi connectivity index (χ0) is 15.9. The number of aromatic nitrogens is 1. The monoisotopic (exact) mass is 490 g/mol. The number of rotatable bonds is 1. The van der Waals surface area contributed by atoms with Crippen molar-refractivity contribution in [2.45, 2.75) is 0 Å². The molecule has 0 unspecified atom stereocenters. The maximum Gasteiger partial charge on any atom is 0.258 e. The molecular weight excluding hydrogens is 484 g/mol. The Labute approximate surface area is 151 Å². The second-order valence-corrected chi connectivity index (χ2v) is 7.20. The molecule has 0 aliphatic carbocycles. The van der Waals surface area contributed by atoms with Crippen LogP contribution in [-0.2, 0) is 0 Å². The van der Waals surface area contributed by atoms with Crippen molar-refractivity contribution in [3.05, 3.63) is 43.4 Å². The van der Waals surface area contributed by atoms with Gasteiger partial charge in [0.05, 0.1) is 15.5 Å². The van der Waals surface area contributed by atoms with Crippen LogP contribution < -0.4 is 9.64 Å². The number of pyridine rings is 1. The highest BCUT2D eigenvalue weighted by molar-refractivity contribution is 9.11. The number of ether oxygens (including phenoxy) is 1. The molecule has 1 aromatic carbocycles. The zero-order valence-electron chi connectivity index (χ0n) is 11.0. The molecule has 1 aliphatic rings. The normalized spacial score (nSPS) is 13.5. The molecule has 0 spiro atoms. The van der Waals surface area contributed by atoms with Gasteiger partial charge in [-0.1, -0.05) is 0 Å². The average Bonchev–Trinajstić information content (AvgIpc) is 2.50. The van der Waals surface area contributed by atoms with Crippen LogP contribution >= 0.6 is 47.8 Å². The third-order valence-corrected chi connectivity index (χ3v) is 4.79. The minimum atomic E-state index is -0.189. The molecule has 8 heteroatoms. The van der Waals surface area contributed by atoms with Crippen LogP contribution in [0.5, 0.6) is 11.6 Å². The molecule has 2 aromatic rings. The minimum Gasteiger partial charge on any atom is -0.506 e. The Morgan fingerprint density at radius 1 is 1.23 bits per heavy atom. The number of benzene rings is 1. The number of carbonyl (C=O) groups excluding carboxylic acids is 1. The van der Waals surface area contributed by atoms with Crippen molar-refractivity contribution >= 4 is 59.4 Å². The van der Waals surface area contributed by atoms with Gasteiger partial charge in [0.15, 0.2) is 0 Å². The Hall–Kier alpha value is -1.12. The molecule has 1 N–H and O–H groups in total. The van der Waals surface area contributed by atoms with Gasteiger partial charge in [0.25, 0.3) is 5.91 Å². The summed E-state index contributed by atoms with van der Waals surface area (Å²) in [4.78, 5) is 18.6. The molecule has 0 fully saturated rings. The van der Waals surface area contributed by atoms with Crippen molar-refractivity contribution in [2.24, 2.45) is 0 Å². The molecular formula is C14H9Br3N2O3. The Morgan fingerprint density at radius 2 is 1.91 bits per heavy atom. The van der Waals surface area contributed by atoms with Gasteiger partial charge < -0.3 is 14.7 Å². The van der Waals surface area contributed by atoms with Crippen molar-refractivity contribution in [3.8, 4) is 11.6 Å². The van der Waals surface area contributed by atoms with E-state index in [-0.39, 0.29) is 11.7 Å². The molecule has 2 heterocycles. The summed E-state index contributed by atoms with van der Waals surface area (Å²) in [7, 11) is 0. The SMILES string of the molecule is O=C(c1cc(Br)c(O)c(Br)c1)N1CCOc2ncc(Br)cc21. The fourth-order valence-electron chi connectivity index (χ4n) is 2.13. The Morgan fingerprint density at radius 3 is 2.59 bits per heavy atom. The number of hydrogen-bond donors (Lipinski definition) is 1. The van der Waals surface area contributed by atoms with Crippen molar-refractivity contribution in [3.63, 3.8) is 0 Å². The summed E-state index contributed by atoms with van der Waals surface area (Å²) in [6.07, 6.45) is 1.63. The van der Waals surface area contributed by atoms with Crippen LogP contribution in [0.15, 0.2) is 37.8 Å². The second-order valence-electron chi connectivity index (χ2n) is 4.57. The third-order valence-electron chi connectivity index (χ3n) is 3.15. The van der Waals surface area contributed by atoms with Crippen LogP contribution in [0.2, 0.25) is 0 Å².